The number of nitriles is 1. The highest BCUT2D eigenvalue weighted by molar-refractivity contribution is 7.14. The van der Waals surface area contributed by atoms with Gasteiger partial charge < -0.3 is 11.1 Å². The number of carbonyl (C=O) groups excluding carboxylic acids is 1. The van der Waals surface area contributed by atoms with Crippen molar-refractivity contribution in [2.45, 2.75) is 40.0 Å². The van der Waals surface area contributed by atoms with Crippen LogP contribution < -0.4 is 11.1 Å². The third-order valence-corrected chi connectivity index (χ3v) is 4.33. The summed E-state index contributed by atoms with van der Waals surface area (Å²) in [5.74, 6) is 0.396. The zero-order valence-corrected chi connectivity index (χ0v) is 13.2. The van der Waals surface area contributed by atoms with E-state index in [1.807, 2.05) is 0 Å². The molecule has 0 aromatic carbocycles. The number of amides is 1. The van der Waals surface area contributed by atoms with Gasteiger partial charge in [0.2, 0.25) is 5.91 Å². The minimum atomic E-state index is -0.0322. The van der Waals surface area contributed by atoms with Gasteiger partial charge in [-0.25, -0.2) is 0 Å². The van der Waals surface area contributed by atoms with E-state index < -0.39 is 0 Å². The zero-order chi connectivity index (χ0) is 15.2. The van der Waals surface area contributed by atoms with E-state index in [1.54, 1.807) is 11.4 Å². The molecule has 0 aliphatic heterocycles. The molecule has 20 heavy (non-hydrogen) atoms. The molecule has 1 aromatic rings. The number of rotatable bonds is 6. The molecule has 0 fully saturated rings. The largest absolute Gasteiger partial charge is 0.330 e. The predicted octanol–water partition coefficient (Wildman–Crippen LogP) is 3.35. The van der Waals surface area contributed by atoms with Crippen LogP contribution in [0.25, 0.3) is 0 Å². The Balaban J connectivity index is 2.52. The number of hydrogen-bond donors (Lipinski definition) is 2. The molecule has 0 radical (unpaired) electrons. The molecule has 5 heteroatoms. The van der Waals surface area contributed by atoms with Crippen LogP contribution in [0.4, 0.5) is 5.00 Å². The highest BCUT2D eigenvalue weighted by Crippen LogP contribution is 2.32. The van der Waals surface area contributed by atoms with Gasteiger partial charge in [0.25, 0.3) is 0 Å². The lowest BCUT2D eigenvalue weighted by Gasteiger charge is -2.30. The minimum Gasteiger partial charge on any atom is -0.330 e. The van der Waals surface area contributed by atoms with E-state index >= 15 is 0 Å². The highest BCUT2D eigenvalue weighted by Gasteiger charge is 2.24. The molecular formula is C15H23N3OS. The first-order valence-corrected chi connectivity index (χ1v) is 7.74. The molecule has 1 rings (SSSR count). The molecule has 1 unspecified atom stereocenters. The van der Waals surface area contributed by atoms with Gasteiger partial charge in [-0.2, -0.15) is 5.26 Å². The first kappa shape index (κ1) is 16.7. The molecule has 1 amide bonds. The Bertz CT molecular complexity index is 482. The molecule has 0 saturated carbocycles. The van der Waals surface area contributed by atoms with E-state index in [0.29, 0.717) is 29.4 Å². The lowest BCUT2D eigenvalue weighted by atomic mass is 9.76. The van der Waals surface area contributed by atoms with Crippen molar-refractivity contribution in [3.05, 3.63) is 17.0 Å². The topological polar surface area (TPSA) is 78.9 Å². The summed E-state index contributed by atoms with van der Waals surface area (Å²) in [5, 5.41) is 14.2. The molecule has 4 nitrogen and oxygen atoms in total. The Labute approximate surface area is 125 Å². The van der Waals surface area contributed by atoms with E-state index in [-0.39, 0.29) is 11.3 Å². The molecule has 0 aliphatic rings. The van der Waals surface area contributed by atoms with Gasteiger partial charge in [0.15, 0.2) is 0 Å². The van der Waals surface area contributed by atoms with Crippen molar-refractivity contribution in [3.63, 3.8) is 0 Å². The van der Waals surface area contributed by atoms with Crippen molar-refractivity contribution >= 4 is 22.2 Å². The van der Waals surface area contributed by atoms with Gasteiger partial charge in [-0.1, -0.05) is 20.8 Å². The maximum atomic E-state index is 12.0. The van der Waals surface area contributed by atoms with Crippen LogP contribution in [-0.4, -0.2) is 12.5 Å². The van der Waals surface area contributed by atoms with Gasteiger partial charge in [-0.05, 0) is 42.2 Å². The van der Waals surface area contributed by atoms with E-state index in [1.165, 1.54) is 11.3 Å². The fourth-order valence-electron chi connectivity index (χ4n) is 2.20. The molecule has 0 aliphatic carbocycles. The van der Waals surface area contributed by atoms with Crippen LogP contribution in [0.3, 0.4) is 0 Å². The molecule has 0 bridgehead atoms. The van der Waals surface area contributed by atoms with Crippen molar-refractivity contribution in [1.82, 2.24) is 0 Å². The standard InChI is InChI=1S/C15H23N3OS/c1-15(2,3)12(6-8-16)4-5-13(19)18-14-11(10-17)7-9-20-14/h7,9,12H,4-6,8,16H2,1-3H3,(H,18,19). The van der Waals surface area contributed by atoms with Crippen LogP contribution in [0.5, 0.6) is 0 Å². The average Bonchev–Trinajstić information content (AvgIpc) is 2.80. The Kier molecular flexibility index (Phi) is 6.18. The zero-order valence-electron chi connectivity index (χ0n) is 12.4. The number of nitrogens with two attached hydrogens (primary N) is 1. The Hall–Kier alpha value is -1.38. The van der Waals surface area contributed by atoms with Crippen LogP contribution in [0, 0.1) is 22.7 Å². The number of thiophene rings is 1. The molecule has 1 atom stereocenters. The Morgan fingerprint density at radius 1 is 1.50 bits per heavy atom. The number of carbonyl (C=O) groups is 1. The number of hydrogen-bond acceptors (Lipinski definition) is 4. The maximum absolute atomic E-state index is 12.0. The van der Waals surface area contributed by atoms with Crippen molar-refractivity contribution in [2.24, 2.45) is 17.1 Å². The lowest BCUT2D eigenvalue weighted by molar-refractivity contribution is -0.116. The van der Waals surface area contributed by atoms with Gasteiger partial charge in [0, 0.05) is 6.42 Å². The van der Waals surface area contributed by atoms with Gasteiger partial charge in [0.1, 0.15) is 11.1 Å². The summed E-state index contributed by atoms with van der Waals surface area (Å²) in [6.45, 7) is 7.18. The van der Waals surface area contributed by atoms with Crippen LogP contribution in [0.1, 0.15) is 45.6 Å². The lowest BCUT2D eigenvalue weighted by Crippen LogP contribution is -2.25. The summed E-state index contributed by atoms with van der Waals surface area (Å²) < 4.78 is 0. The second-order valence-electron chi connectivity index (χ2n) is 6.00. The molecule has 0 spiro atoms. The summed E-state index contributed by atoms with van der Waals surface area (Å²) in [6, 6.07) is 3.78. The fourth-order valence-corrected chi connectivity index (χ4v) is 2.95. The van der Waals surface area contributed by atoms with E-state index in [4.69, 9.17) is 11.0 Å². The molecule has 1 heterocycles. The Morgan fingerprint density at radius 3 is 2.75 bits per heavy atom. The Morgan fingerprint density at radius 2 is 2.20 bits per heavy atom. The summed E-state index contributed by atoms with van der Waals surface area (Å²) in [5.41, 5.74) is 6.32. The normalized spacial score (nSPS) is 12.8. The van der Waals surface area contributed by atoms with Crippen LogP contribution in [0.15, 0.2) is 11.4 Å². The summed E-state index contributed by atoms with van der Waals surface area (Å²) in [7, 11) is 0. The highest BCUT2D eigenvalue weighted by atomic mass is 32.1. The van der Waals surface area contributed by atoms with Crippen LogP contribution in [-0.2, 0) is 4.79 Å². The number of nitrogens with zero attached hydrogens (tertiary/aromatic N) is 1. The molecular weight excluding hydrogens is 270 g/mol. The van der Waals surface area contributed by atoms with Gasteiger partial charge in [-0.3, -0.25) is 4.79 Å². The second kappa shape index (κ2) is 7.41. The van der Waals surface area contributed by atoms with Crippen LogP contribution >= 0.6 is 11.3 Å². The van der Waals surface area contributed by atoms with Crippen molar-refractivity contribution in [1.29, 1.82) is 5.26 Å². The van der Waals surface area contributed by atoms with E-state index in [0.717, 1.165) is 12.8 Å². The van der Waals surface area contributed by atoms with Crippen molar-refractivity contribution in [3.8, 4) is 6.07 Å². The fraction of sp³-hybridized carbons (Fsp3) is 0.600. The van der Waals surface area contributed by atoms with Gasteiger partial charge in [0.05, 0.1) is 5.56 Å². The third kappa shape index (κ3) is 4.95. The molecule has 3 N–H and O–H groups in total. The molecule has 110 valence electrons. The van der Waals surface area contributed by atoms with Crippen molar-refractivity contribution < 1.29 is 4.79 Å². The minimum absolute atomic E-state index is 0.0322. The smallest absolute Gasteiger partial charge is 0.225 e. The molecule has 0 saturated heterocycles. The summed E-state index contributed by atoms with van der Waals surface area (Å²) in [4.78, 5) is 12.0. The maximum Gasteiger partial charge on any atom is 0.225 e. The predicted molar refractivity (Wildman–Crippen MR) is 83.5 cm³/mol. The second-order valence-corrected chi connectivity index (χ2v) is 6.92. The van der Waals surface area contributed by atoms with Crippen molar-refractivity contribution in [2.75, 3.05) is 11.9 Å². The first-order valence-electron chi connectivity index (χ1n) is 6.86. The number of nitrogens with one attached hydrogen (secondary N) is 1. The average molecular weight is 293 g/mol. The number of anilines is 1. The summed E-state index contributed by atoms with van der Waals surface area (Å²) in [6.07, 6.45) is 2.21. The van der Waals surface area contributed by atoms with E-state index in [2.05, 4.69) is 32.2 Å². The molecule has 1 aromatic heterocycles. The van der Waals surface area contributed by atoms with Gasteiger partial charge >= 0.3 is 0 Å². The summed E-state index contributed by atoms with van der Waals surface area (Å²) >= 11 is 1.38. The van der Waals surface area contributed by atoms with Gasteiger partial charge in [-0.15, -0.1) is 11.3 Å². The van der Waals surface area contributed by atoms with Crippen LogP contribution in [0.2, 0.25) is 0 Å². The first-order chi connectivity index (χ1) is 9.38. The third-order valence-electron chi connectivity index (χ3n) is 3.50. The van der Waals surface area contributed by atoms with E-state index in [9.17, 15) is 4.79 Å². The monoisotopic (exact) mass is 293 g/mol. The SMILES string of the molecule is CC(C)(C)C(CCN)CCC(=O)Nc1sccc1C#N. The quantitative estimate of drug-likeness (QED) is 0.844.